The van der Waals surface area contributed by atoms with E-state index in [-0.39, 0.29) is 11.8 Å². The van der Waals surface area contributed by atoms with Gasteiger partial charge in [-0.2, -0.15) is 5.26 Å². The van der Waals surface area contributed by atoms with Crippen LogP contribution in [0.5, 0.6) is 0 Å². The first-order valence-electron chi connectivity index (χ1n) is 6.25. The van der Waals surface area contributed by atoms with Gasteiger partial charge in [-0.05, 0) is 32.2 Å². The number of hydrogen-bond donors (Lipinski definition) is 2. The lowest BCUT2D eigenvalue weighted by Crippen LogP contribution is -2.27. The molecule has 0 aliphatic heterocycles. The van der Waals surface area contributed by atoms with Gasteiger partial charge in [0.2, 0.25) is 5.91 Å². The van der Waals surface area contributed by atoms with Crippen molar-refractivity contribution in [2.75, 3.05) is 31.2 Å². The van der Waals surface area contributed by atoms with Crippen molar-refractivity contribution < 1.29 is 4.79 Å². The first-order valence-corrected chi connectivity index (χ1v) is 6.25. The third-order valence-electron chi connectivity index (χ3n) is 2.70. The maximum atomic E-state index is 11.7. The van der Waals surface area contributed by atoms with Crippen LogP contribution in [0.25, 0.3) is 0 Å². The topological polar surface area (TPSA) is 82.2 Å². The zero-order chi connectivity index (χ0) is 14.3. The van der Waals surface area contributed by atoms with Crippen molar-refractivity contribution in [3.8, 4) is 6.07 Å². The molecule has 1 atom stereocenters. The molecule has 0 radical (unpaired) electrons. The molecular weight excluding hydrogens is 240 g/mol. The van der Waals surface area contributed by atoms with Crippen LogP contribution in [0.2, 0.25) is 0 Å². The van der Waals surface area contributed by atoms with Crippen LogP contribution in [-0.2, 0) is 4.79 Å². The number of carbonyl (C=O) groups excluding carboxylic acids is 1. The molecular formula is C14H20N4O. The predicted octanol–water partition coefficient (Wildman–Crippen LogP) is 1.69. The number of anilines is 2. The minimum absolute atomic E-state index is 0.0259. The Morgan fingerprint density at radius 3 is 2.95 bits per heavy atom. The van der Waals surface area contributed by atoms with Gasteiger partial charge in [-0.1, -0.05) is 6.07 Å². The number of nitrogen functional groups attached to an aromatic ring is 1. The van der Waals surface area contributed by atoms with E-state index >= 15 is 0 Å². The first-order chi connectivity index (χ1) is 9.01. The minimum Gasteiger partial charge on any atom is -0.399 e. The SMILES string of the molecule is CC(C#N)CN(C)CCC(=O)Nc1cccc(N)c1. The van der Waals surface area contributed by atoms with Crippen molar-refractivity contribution in [2.45, 2.75) is 13.3 Å². The highest BCUT2D eigenvalue weighted by atomic mass is 16.1. The zero-order valence-corrected chi connectivity index (χ0v) is 11.4. The van der Waals surface area contributed by atoms with E-state index in [1.54, 1.807) is 24.3 Å². The molecule has 19 heavy (non-hydrogen) atoms. The third kappa shape index (κ3) is 5.89. The van der Waals surface area contributed by atoms with E-state index in [1.165, 1.54) is 0 Å². The molecule has 0 saturated heterocycles. The monoisotopic (exact) mass is 260 g/mol. The summed E-state index contributed by atoms with van der Waals surface area (Å²) >= 11 is 0. The molecule has 1 rings (SSSR count). The number of rotatable bonds is 6. The first kappa shape index (κ1) is 15.0. The van der Waals surface area contributed by atoms with Gasteiger partial charge in [-0.3, -0.25) is 4.79 Å². The summed E-state index contributed by atoms with van der Waals surface area (Å²) in [6.07, 6.45) is 0.392. The average molecular weight is 260 g/mol. The van der Waals surface area contributed by atoms with Crippen molar-refractivity contribution >= 4 is 17.3 Å². The summed E-state index contributed by atoms with van der Waals surface area (Å²) in [5.41, 5.74) is 6.97. The highest BCUT2D eigenvalue weighted by molar-refractivity contribution is 5.91. The normalized spacial score (nSPS) is 11.9. The van der Waals surface area contributed by atoms with Gasteiger partial charge in [0.25, 0.3) is 0 Å². The fourth-order valence-electron chi connectivity index (χ4n) is 1.73. The van der Waals surface area contributed by atoms with Crippen LogP contribution in [0.15, 0.2) is 24.3 Å². The molecule has 0 aliphatic carbocycles. The van der Waals surface area contributed by atoms with E-state index in [1.807, 2.05) is 18.9 Å². The molecule has 1 aromatic rings. The van der Waals surface area contributed by atoms with Gasteiger partial charge in [-0.15, -0.1) is 0 Å². The van der Waals surface area contributed by atoms with Crippen LogP contribution >= 0.6 is 0 Å². The number of benzene rings is 1. The van der Waals surface area contributed by atoms with Gasteiger partial charge in [0, 0.05) is 30.9 Å². The van der Waals surface area contributed by atoms with Crippen LogP contribution in [0.3, 0.4) is 0 Å². The number of nitrogens with zero attached hydrogens (tertiary/aromatic N) is 2. The van der Waals surface area contributed by atoms with Crippen LogP contribution in [0.4, 0.5) is 11.4 Å². The summed E-state index contributed by atoms with van der Waals surface area (Å²) in [7, 11) is 1.90. The standard InChI is InChI=1S/C14H20N4O/c1-11(9-15)10-18(2)7-6-14(19)17-13-5-3-4-12(16)8-13/h3-5,8,11H,6-7,10,16H2,1-2H3,(H,17,19). The summed E-state index contributed by atoms with van der Waals surface area (Å²) in [4.78, 5) is 13.7. The van der Waals surface area contributed by atoms with Crippen LogP contribution in [0.1, 0.15) is 13.3 Å². The summed E-state index contributed by atoms with van der Waals surface area (Å²) in [5, 5.41) is 11.5. The molecule has 1 aromatic carbocycles. The molecule has 3 N–H and O–H groups in total. The zero-order valence-electron chi connectivity index (χ0n) is 11.4. The molecule has 5 heteroatoms. The lowest BCUT2D eigenvalue weighted by Gasteiger charge is -2.17. The summed E-state index contributed by atoms with van der Waals surface area (Å²) in [6, 6.07) is 9.26. The van der Waals surface area contributed by atoms with Gasteiger partial charge in [0.1, 0.15) is 0 Å². The van der Waals surface area contributed by atoms with E-state index < -0.39 is 0 Å². The van der Waals surface area contributed by atoms with Crippen LogP contribution < -0.4 is 11.1 Å². The summed E-state index contributed by atoms with van der Waals surface area (Å²) in [6.45, 7) is 3.16. The van der Waals surface area contributed by atoms with Gasteiger partial charge in [0.05, 0.1) is 12.0 Å². The van der Waals surface area contributed by atoms with Crippen molar-refractivity contribution in [1.29, 1.82) is 5.26 Å². The number of nitrogens with one attached hydrogen (secondary N) is 1. The Morgan fingerprint density at radius 2 is 2.32 bits per heavy atom. The predicted molar refractivity (Wildman–Crippen MR) is 76.4 cm³/mol. The molecule has 0 fully saturated rings. The molecule has 0 aliphatic rings. The van der Waals surface area contributed by atoms with E-state index in [0.717, 1.165) is 0 Å². The smallest absolute Gasteiger partial charge is 0.225 e. The minimum atomic E-state index is -0.0536. The quantitative estimate of drug-likeness (QED) is 0.762. The number of nitrogens with two attached hydrogens (primary N) is 1. The van der Waals surface area contributed by atoms with E-state index in [9.17, 15) is 4.79 Å². The number of hydrogen-bond acceptors (Lipinski definition) is 4. The Kier molecular flexibility index (Phi) is 5.83. The highest BCUT2D eigenvalue weighted by Gasteiger charge is 2.08. The molecule has 0 heterocycles. The largest absolute Gasteiger partial charge is 0.399 e. The van der Waals surface area contributed by atoms with Crippen molar-refractivity contribution in [1.82, 2.24) is 4.90 Å². The summed E-state index contributed by atoms with van der Waals surface area (Å²) in [5.74, 6) is -0.0796. The lowest BCUT2D eigenvalue weighted by atomic mass is 10.2. The molecule has 0 saturated carbocycles. The van der Waals surface area contributed by atoms with Gasteiger partial charge >= 0.3 is 0 Å². The van der Waals surface area contributed by atoms with Gasteiger partial charge in [0.15, 0.2) is 0 Å². The molecule has 102 valence electrons. The Bertz CT molecular complexity index is 467. The number of carbonyl (C=O) groups is 1. The average Bonchev–Trinajstić information content (AvgIpc) is 2.36. The Morgan fingerprint density at radius 1 is 1.58 bits per heavy atom. The molecule has 0 aromatic heterocycles. The van der Waals surface area contributed by atoms with Crippen molar-refractivity contribution in [3.63, 3.8) is 0 Å². The van der Waals surface area contributed by atoms with Crippen LogP contribution in [-0.4, -0.2) is 30.9 Å². The summed E-state index contributed by atoms with van der Waals surface area (Å²) < 4.78 is 0. The van der Waals surface area contributed by atoms with Gasteiger partial charge in [-0.25, -0.2) is 0 Å². The third-order valence-corrected chi connectivity index (χ3v) is 2.70. The van der Waals surface area contributed by atoms with E-state index in [4.69, 9.17) is 11.0 Å². The molecule has 5 nitrogen and oxygen atoms in total. The highest BCUT2D eigenvalue weighted by Crippen LogP contribution is 2.11. The Labute approximate surface area is 114 Å². The maximum absolute atomic E-state index is 11.7. The fourth-order valence-corrected chi connectivity index (χ4v) is 1.73. The molecule has 0 spiro atoms. The molecule has 1 amide bonds. The Balaban J connectivity index is 2.34. The van der Waals surface area contributed by atoms with E-state index in [2.05, 4.69) is 11.4 Å². The van der Waals surface area contributed by atoms with Crippen LogP contribution in [0, 0.1) is 17.2 Å². The Hall–Kier alpha value is -2.06. The maximum Gasteiger partial charge on any atom is 0.225 e. The fraction of sp³-hybridized carbons (Fsp3) is 0.429. The number of amides is 1. The molecule has 1 unspecified atom stereocenters. The second-order valence-corrected chi connectivity index (χ2v) is 4.72. The second kappa shape index (κ2) is 7.39. The molecule has 0 bridgehead atoms. The van der Waals surface area contributed by atoms with Crippen molar-refractivity contribution in [2.24, 2.45) is 5.92 Å². The van der Waals surface area contributed by atoms with E-state index in [0.29, 0.717) is 30.9 Å². The second-order valence-electron chi connectivity index (χ2n) is 4.72. The number of nitriles is 1. The van der Waals surface area contributed by atoms with Crippen molar-refractivity contribution in [3.05, 3.63) is 24.3 Å². The lowest BCUT2D eigenvalue weighted by molar-refractivity contribution is -0.116. The van der Waals surface area contributed by atoms with Gasteiger partial charge < -0.3 is 16.0 Å².